The van der Waals surface area contributed by atoms with E-state index in [1.165, 1.54) is 10.4 Å². The first-order valence-electron chi connectivity index (χ1n) is 7.90. The predicted octanol–water partition coefficient (Wildman–Crippen LogP) is 3.97. The minimum absolute atomic E-state index is 0.225. The van der Waals surface area contributed by atoms with Crippen molar-refractivity contribution in [1.82, 2.24) is 9.97 Å². The Morgan fingerprint density at radius 2 is 2.00 bits per heavy atom. The fraction of sp³-hybridized carbons (Fsp3) is 0.333. The Hall–Kier alpha value is -1.98. The molecule has 1 aromatic carbocycles. The highest BCUT2D eigenvalue weighted by atomic mass is 32.1. The molecular formula is C18H19N3OS. The average Bonchev–Trinajstić information content (AvgIpc) is 3.02. The molecule has 1 aliphatic heterocycles. The van der Waals surface area contributed by atoms with E-state index < -0.39 is 0 Å². The van der Waals surface area contributed by atoms with Gasteiger partial charge >= 0.3 is 0 Å². The molecule has 2 unspecified atom stereocenters. The maximum Gasteiger partial charge on any atom is 0.141 e. The van der Waals surface area contributed by atoms with Gasteiger partial charge in [-0.25, -0.2) is 9.97 Å². The van der Waals surface area contributed by atoms with E-state index >= 15 is 0 Å². The van der Waals surface area contributed by atoms with Gasteiger partial charge in [0.2, 0.25) is 0 Å². The van der Waals surface area contributed by atoms with Gasteiger partial charge in [-0.05, 0) is 25.5 Å². The Bertz CT molecular complexity index is 818. The van der Waals surface area contributed by atoms with Crippen LogP contribution in [0, 0.1) is 0 Å². The fourth-order valence-corrected chi connectivity index (χ4v) is 4.01. The van der Waals surface area contributed by atoms with Crippen LogP contribution in [0.15, 0.2) is 42.7 Å². The average molecular weight is 325 g/mol. The SMILES string of the molecule is CC1CN(c2ncnc3sc(-c4ccccc4)cc23)C(C)CO1. The summed E-state index contributed by atoms with van der Waals surface area (Å²) in [5, 5.41) is 1.14. The molecule has 2 aromatic heterocycles. The first kappa shape index (κ1) is 14.6. The van der Waals surface area contributed by atoms with Crippen molar-refractivity contribution in [3.8, 4) is 10.4 Å². The van der Waals surface area contributed by atoms with Crippen molar-refractivity contribution in [3.05, 3.63) is 42.7 Å². The van der Waals surface area contributed by atoms with Crippen molar-refractivity contribution in [2.45, 2.75) is 26.0 Å². The number of morpholine rings is 1. The molecule has 0 spiro atoms. The summed E-state index contributed by atoms with van der Waals surface area (Å²) in [4.78, 5) is 13.7. The zero-order valence-corrected chi connectivity index (χ0v) is 14.1. The van der Waals surface area contributed by atoms with Crippen LogP contribution in [-0.4, -0.2) is 35.3 Å². The van der Waals surface area contributed by atoms with Crippen molar-refractivity contribution < 1.29 is 4.74 Å². The summed E-state index contributed by atoms with van der Waals surface area (Å²) in [5.41, 5.74) is 1.23. The molecule has 3 heterocycles. The number of fused-ring (bicyclic) bond motifs is 1. The highest BCUT2D eigenvalue weighted by Gasteiger charge is 2.26. The van der Waals surface area contributed by atoms with Crippen LogP contribution >= 0.6 is 11.3 Å². The monoisotopic (exact) mass is 325 g/mol. The van der Waals surface area contributed by atoms with E-state index in [4.69, 9.17) is 4.74 Å². The maximum atomic E-state index is 5.75. The summed E-state index contributed by atoms with van der Waals surface area (Å²) in [5.74, 6) is 1.02. The Morgan fingerprint density at radius 3 is 2.83 bits per heavy atom. The van der Waals surface area contributed by atoms with E-state index in [0.29, 0.717) is 6.04 Å². The van der Waals surface area contributed by atoms with Gasteiger partial charge in [-0.3, -0.25) is 0 Å². The molecule has 2 atom stereocenters. The van der Waals surface area contributed by atoms with Crippen molar-refractivity contribution in [3.63, 3.8) is 0 Å². The van der Waals surface area contributed by atoms with E-state index in [2.05, 4.69) is 59.0 Å². The number of thiophene rings is 1. The summed E-state index contributed by atoms with van der Waals surface area (Å²) in [6.45, 7) is 5.90. The molecule has 0 bridgehead atoms. The van der Waals surface area contributed by atoms with Gasteiger partial charge in [-0.15, -0.1) is 11.3 Å². The Kier molecular flexibility index (Phi) is 3.75. The second kappa shape index (κ2) is 5.91. The number of rotatable bonds is 2. The smallest absolute Gasteiger partial charge is 0.141 e. The van der Waals surface area contributed by atoms with Crippen LogP contribution in [0.3, 0.4) is 0 Å². The molecule has 4 rings (SSSR count). The minimum atomic E-state index is 0.225. The zero-order chi connectivity index (χ0) is 15.8. The summed E-state index contributed by atoms with van der Waals surface area (Å²) >= 11 is 1.72. The molecule has 4 nitrogen and oxygen atoms in total. The molecule has 3 aromatic rings. The van der Waals surface area contributed by atoms with Crippen molar-refractivity contribution in [2.75, 3.05) is 18.1 Å². The van der Waals surface area contributed by atoms with Crippen LogP contribution in [0.25, 0.3) is 20.7 Å². The van der Waals surface area contributed by atoms with E-state index in [1.54, 1.807) is 17.7 Å². The van der Waals surface area contributed by atoms with E-state index in [1.807, 2.05) is 6.07 Å². The van der Waals surface area contributed by atoms with Gasteiger partial charge in [-0.2, -0.15) is 0 Å². The molecule has 23 heavy (non-hydrogen) atoms. The van der Waals surface area contributed by atoms with E-state index in [0.717, 1.165) is 29.2 Å². The summed E-state index contributed by atoms with van der Waals surface area (Å²) < 4.78 is 5.75. The Morgan fingerprint density at radius 1 is 1.17 bits per heavy atom. The van der Waals surface area contributed by atoms with Crippen LogP contribution in [0.2, 0.25) is 0 Å². The quantitative estimate of drug-likeness (QED) is 0.714. The van der Waals surface area contributed by atoms with Crippen LogP contribution in [0.1, 0.15) is 13.8 Å². The summed E-state index contributed by atoms with van der Waals surface area (Å²) in [6, 6.07) is 13.0. The van der Waals surface area contributed by atoms with Gasteiger partial charge < -0.3 is 9.64 Å². The lowest BCUT2D eigenvalue weighted by atomic mass is 10.1. The molecule has 118 valence electrons. The lowest BCUT2D eigenvalue weighted by Crippen LogP contribution is -2.47. The van der Waals surface area contributed by atoms with Gasteiger partial charge in [0, 0.05) is 11.4 Å². The van der Waals surface area contributed by atoms with E-state index in [-0.39, 0.29) is 6.10 Å². The Labute approximate surface area is 139 Å². The summed E-state index contributed by atoms with van der Waals surface area (Å²) in [6.07, 6.45) is 1.90. The molecule has 1 aliphatic rings. The number of nitrogens with zero attached hydrogens (tertiary/aromatic N) is 3. The maximum absolute atomic E-state index is 5.75. The highest BCUT2D eigenvalue weighted by molar-refractivity contribution is 7.21. The number of aromatic nitrogens is 2. The first-order valence-corrected chi connectivity index (χ1v) is 8.72. The normalized spacial score (nSPS) is 21.7. The topological polar surface area (TPSA) is 38.2 Å². The minimum Gasteiger partial charge on any atom is -0.375 e. The van der Waals surface area contributed by atoms with Gasteiger partial charge in [0.15, 0.2) is 0 Å². The van der Waals surface area contributed by atoms with Crippen molar-refractivity contribution in [1.29, 1.82) is 0 Å². The highest BCUT2D eigenvalue weighted by Crippen LogP contribution is 2.36. The third kappa shape index (κ3) is 2.71. The van der Waals surface area contributed by atoms with Crippen LogP contribution < -0.4 is 4.90 Å². The number of anilines is 1. The predicted molar refractivity (Wildman–Crippen MR) is 95.1 cm³/mol. The molecule has 1 saturated heterocycles. The second-order valence-corrected chi connectivity index (χ2v) is 7.07. The second-order valence-electron chi connectivity index (χ2n) is 6.04. The Balaban J connectivity index is 1.80. The number of hydrogen-bond acceptors (Lipinski definition) is 5. The van der Waals surface area contributed by atoms with Gasteiger partial charge in [0.1, 0.15) is 17.0 Å². The van der Waals surface area contributed by atoms with Crippen LogP contribution in [0.5, 0.6) is 0 Å². The van der Waals surface area contributed by atoms with Crippen LogP contribution in [-0.2, 0) is 4.74 Å². The molecule has 0 radical (unpaired) electrons. The number of benzene rings is 1. The largest absolute Gasteiger partial charge is 0.375 e. The van der Waals surface area contributed by atoms with Crippen molar-refractivity contribution in [2.24, 2.45) is 0 Å². The zero-order valence-electron chi connectivity index (χ0n) is 13.3. The first-order chi connectivity index (χ1) is 11.2. The lowest BCUT2D eigenvalue weighted by Gasteiger charge is -2.37. The molecule has 1 fully saturated rings. The third-order valence-electron chi connectivity index (χ3n) is 4.25. The molecule has 5 heteroatoms. The van der Waals surface area contributed by atoms with Crippen molar-refractivity contribution >= 4 is 27.4 Å². The standard InChI is InChI=1S/C18H19N3OS/c1-12-10-22-13(2)9-21(12)17-15-8-16(14-6-4-3-5-7-14)23-18(15)20-11-19-17/h3-8,11-13H,9-10H2,1-2H3. The molecule has 0 saturated carbocycles. The lowest BCUT2D eigenvalue weighted by molar-refractivity contribution is 0.0341. The number of ether oxygens (including phenoxy) is 1. The number of hydrogen-bond donors (Lipinski definition) is 0. The van der Waals surface area contributed by atoms with Gasteiger partial charge in [0.05, 0.1) is 24.1 Å². The third-order valence-corrected chi connectivity index (χ3v) is 5.34. The molecule has 0 aliphatic carbocycles. The summed E-state index contributed by atoms with van der Waals surface area (Å²) in [7, 11) is 0. The fourth-order valence-electron chi connectivity index (χ4n) is 3.01. The molecular weight excluding hydrogens is 306 g/mol. The molecule has 0 N–H and O–H groups in total. The van der Waals surface area contributed by atoms with E-state index in [9.17, 15) is 0 Å². The van der Waals surface area contributed by atoms with Gasteiger partial charge in [-0.1, -0.05) is 30.3 Å². The van der Waals surface area contributed by atoms with Gasteiger partial charge in [0.25, 0.3) is 0 Å². The molecule has 0 amide bonds. The van der Waals surface area contributed by atoms with Crippen LogP contribution in [0.4, 0.5) is 5.82 Å².